The highest BCUT2D eigenvalue weighted by Gasteiger charge is 2.35. The van der Waals surface area contributed by atoms with E-state index in [2.05, 4.69) is 20.4 Å². The van der Waals surface area contributed by atoms with Gasteiger partial charge in [0.1, 0.15) is 5.69 Å². The molecule has 4 rings (SSSR count). The lowest BCUT2D eigenvalue weighted by molar-refractivity contribution is -0.137. The minimum atomic E-state index is -4.47. The number of halogens is 3. The number of aromatic nitrogens is 4. The summed E-state index contributed by atoms with van der Waals surface area (Å²) in [6, 6.07) is 4.09. The van der Waals surface area contributed by atoms with Gasteiger partial charge in [0.25, 0.3) is 11.8 Å². The topological polar surface area (TPSA) is 93.0 Å². The maximum Gasteiger partial charge on any atom is 0.416 e. The summed E-state index contributed by atoms with van der Waals surface area (Å²) in [6.45, 7) is 3.73. The average molecular weight is 430 g/mol. The Hall–Kier alpha value is -3.76. The van der Waals surface area contributed by atoms with Crippen molar-refractivity contribution >= 4 is 23.2 Å². The van der Waals surface area contributed by atoms with E-state index < -0.39 is 23.6 Å². The molecule has 0 spiro atoms. The van der Waals surface area contributed by atoms with Gasteiger partial charge in [0.05, 0.1) is 35.4 Å². The Kier molecular flexibility index (Phi) is 4.96. The average Bonchev–Trinajstić information content (AvgIpc) is 3.14. The summed E-state index contributed by atoms with van der Waals surface area (Å²) in [5.74, 6) is -1.04. The van der Waals surface area contributed by atoms with Gasteiger partial charge in [-0.05, 0) is 38.1 Å². The standard InChI is InChI=1S/C20H17F3N6O2/c1-11-7-24-8-16(26-11)18(30)27-15-9-25-29-12(2)10-28(19(31)17(15)29)14-5-3-13(4-6-14)20(21,22)23/h3-9,12H,10H2,1-2H3,(H,27,30)/t12-/m0/s1. The number of amides is 2. The van der Waals surface area contributed by atoms with E-state index in [4.69, 9.17) is 0 Å². The maximum absolute atomic E-state index is 13.2. The van der Waals surface area contributed by atoms with Gasteiger partial charge in [0.2, 0.25) is 0 Å². The van der Waals surface area contributed by atoms with Crippen molar-refractivity contribution in [2.75, 3.05) is 16.8 Å². The van der Waals surface area contributed by atoms with Crippen LogP contribution in [-0.4, -0.2) is 38.1 Å². The second-order valence-electron chi connectivity index (χ2n) is 7.16. The number of nitrogens with one attached hydrogen (secondary N) is 1. The molecule has 0 bridgehead atoms. The van der Waals surface area contributed by atoms with Gasteiger partial charge in [-0.25, -0.2) is 4.98 Å². The fourth-order valence-electron chi connectivity index (χ4n) is 3.37. The number of hydrogen-bond acceptors (Lipinski definition) is 5. The molecule has 160 valence electrons. The molecule has 1 aromatic carbocycles. The molecule has 0 saturated heterocycles. The third-order valence-corrected chi connectivity index (χ3v) is 4.85. The van der Waals surface area contributed by atoms with Crippen molar-refractivity contribution in [1.82, 2.24) is 19.7 Å². The Labute approximate surface area is 174 Å². The van der Waals surface area contributed by atoms with E-state index in [-0.39, 0.29) is 29.7 Å². The monoisotopic (exact) mass is 430 g/mol. The number of rotatable bonds is 3. The van der Waals surface area contributed by atoms with Crippen LogP contribution in [0.3, 0.4) is 0 Å². The van der Waals surface area contributed by atoms with Crippen molar-refractivity contribution in [1.29, 1.82) is 0 Å². The molecule has 0 aliphatic carbocycles. The predicted octanol–water partition coefficient (Wildman–Crippen LogP) is 3.47. The maximum atomic E-state index is 13.2. The first-order valence-electron chi connectivity index (χ1n) is 9.32. The van der Waals surface area contributed by atoms with Crippen LogP contribution in [0.4, 0.5) is 24.5 Å². The fraction of sp³-hybridized carbons (Fsp3) is 0.250. The molecule has 3 aromatic rings. The summed E-state index contributed by atoms with van der Waals surface area (Å²) in [5.41, 5.74) is 0.471. The number of fused-ring (bicyclic) bond motifs is 1. The van der Waals surface area contributed by atoms with Gasteiger partial charge < -0.3 is 10.2 Å². The number of nitrogens with zero attached hydrogens (tertiary/aromatic N) is 5. The second-order valence-corrected chi connectivity index (χ2v) is 7.16. The number of alkyl halides is 3. The summed E-state index contributed by atoms with van der Waals surface area (Å²) >= 11 is 0. The van der Waals surface area contributed by atoms with E-state index >= 15 is 0 Å². The first-order chi connectivity index (χ1) is 14.6. The van der Waals surface area contributed by atoms with Crippen LogP contribution in [0, 0.1) is 6.92 Å². The van der Waals surface area contributed by atoms with Gasteiger partial charge >= 0.3 is 6.18 Å². The van der Waals surface area contributed by atoms with Crippen LogP contribution in [0.1, 0.15) is 45.2 Å². The third kappa shape index (κ3) is 3.86. The molecule has 0 unspecified atom stereocenters. The lowest BCUT2D eigenvalue weighted by atomic mass is 10.1. The Morgan fingerprint density at radius 2 is 1.87 bits per heavy atom. The molecule has 2 amide bonds. The van der Waals surface area contributed by atoms with Crippen molar-refractivity contribution in [3.05, 3.63) is 65.5 Å². The van der Waals surface area contributed by atoms with E-state index in [1.54, 1.807) is 6.92 Å². The van der Waals surface area contributed by atoms with Crippen LogP contribution >= 0.6 is 0 Å². The molecule has 31 heavy (non-hydrogen) atoms. The zero-order valence-corrected chi connectivity index (χ0v) is 16.5. The molecule has 0 radical (unpaired) electrons. The number of benzene rings is 1. The van der Waals surface area contributed by atoms with Gasteiger partial charge in [-0.3, -0.25) is 19.3 Å². The zero-order chi connectivity index (χ0) is 22.3. The van der Waals surface area contributed by atoms with Gasteiger partial charge in [-0.1, -0.05) is 0 Å². The second kappa shape index (κ2) is 7.49. The predicted molar refractivity (Wildman–Crippen MR) is 105 cm³/mol. The van der Waals surface area contributed by atoms with Crippen LogP contribution in [0.5, 0.6) is 0 Å². The number of carbonyl (C=O) groups is 2. The first kappa shape index (κ1) is 20.5. The molecule has 11 heteroatoms. The van der Waals surface area contributed by atoms with Gasteiger partial charge in [-0.15, -0.1) is 0 Å². The van der Waals surface area contributed by atoms with E-state index in [0.29, 0.717) is 11.4 Å². The molecule has 2 aromatic heterocycles. The summed E-state index contributed by atoms with van der Waals surface area (Å²) < 4.78 is 40.0. The molecule has 1 aliphatic rings. The molecule has 1 atom stereocenters. The third-order valence-electron chi connectivity index (χ3n) is 4.85. The SMILES string of the molecule is Cc1cncc(C(=O)Nc2cnn3c2C(=O)N(c2ccc(C(F)(F)F)cc2)C[C@@H]3C)n1. The molecule has 3 heterocycles. The largest absolute Gasteiger partial charge is 0.416 e. The number of hydrogen-bond donors (Lipinski definition) is 1. The first-order valence-corrected chi connectivity index (χ1v) is 9.32. The van der Waals surface area contributed by atoms with E-state index in [1.165, 1.54) is 40.3 Å². The smallest absolute Gasteiger partial charge is 0.317 e. The van der Waals surface area contributed by atoms with Crippen LogP contribution in [0.2, 0.25) is 0 Å². The highest BCUT2D eigenvalue weighted by Crippen LogP contribution is 2.33. The lowest BCUT2D eigenvalue weighted by Crippen LogP contribution is -2.43. The van der Waals surface area contributed by atoms with E-state index in [1.807, 2.05) is 6.92 Å². The molecular formula is C20H17F3N6O2. The summed E-state index contributed by atoms with van der Waals surface area (Å²) in [5, 5.41) is 6.82. The number of anilines is 2. The van der Waals surface area contributed by atoms with Crippen LogP contribution in [0.15, 0.2) is 42.9 Å². The Balaban J connectivity index is 1.63. The summed E-state index contributed by atoms with van der Waals surface area (Å²) in [7, 11) is 0. The molecule has 8 nitrogen and oxygen atoms in total. The zero-order valence-electron chi connectivity index (χ0n) is 16.5. The highest BCUT2D eigenvalue weighted by molar-refractivity contribution is 6.12. The van der Waals surface area contributed by atoms with Crippen LogP contribution in [-0.2, 0) is 6.18 Å². The van der Waals surface area contributed by atoms with Crippen molar-refractivity contribution in [3.8, 4) is 0 Å². The Morgan fingerprint density at radius 3 is 2.52 bits per heavy atom. The van der Waals surface area contributed by atoms with Crippen molar-refractivity contribution in [2.24, 2.45) is 0 Å². The van der Waals surface area contributed by atoms with Gasteiger partial charge in [0, 0.05) is 18.4 Å². The molecule has 0 fully saturated rings. The Morgan fingerprint density at radius 1 is 1.16 bits per heavy atom. The Bertz CT molecular complexity index is 1160. The van der Waals surface area contributed by atoms with Crippen molar-refractivity contribution < 1.29 is 22.8 Å². The lowest BCUT2D eigenvalue weighted by Gasteiger charge is -2.32. The number of carbonyl (C=O) groups excluding carboxylic acids is 2. The minimum absolute atomic E-state index is 0.0795. The van der Waals surface area contributed by atoms with Gasteiger partial charge in [-0.2, -0.15) is 18.3 Å². The molecule has 0 saturated carbocycles. The van der Waals surface area contributed by atoms with Crippen LogP contribution in [0.25, 0.3) is 0 Å². The number of aryl methyl sites for hydroxylation is 1. The van der Waals surface area contributed by atoms with E-state index in [0.717, 1.165) is 12.1 Å². The fourth-order valence-corrected chi connectivity index (χ4v) is 3.37. The molecule has 1 aliphatic heterocycles. The molecular weight excluding hydrogens is 413 g/mol. The van der Waals surface area contributed by atoms with Gasteiger partial charge in [0.15, 0.2) is 5.69 Å². The van der Waals surface area contributed by atoms with Crippen molar-refractivity contribution in [2.45, 2.75) is 26.1 Å². The quantitative estimate of drug-likeness (QED) is 0.687. The minimum Gasteiger partial charge on any atom is -0.317 e. The highest BCUT2D eigenvalue weighted by atomic mass is 19.4. The van der Waals surface area contributed by atoms with Crippen LogP contribution < -0.4 is 10.2 Å². The normalized spacial score (nSPS) is 16.2. The van der Waals surface area contributed by atoms with Crippen molar-refractivity contribution in [3.63, 3.8) is 0 Å². The summed E-state index contributed by atoms with van der Waals surface area (Å²) in [6.07, 6.45) is -0.295. The van der Waals surface area contributed by atoms with E-state index in [9.17, 15) is 22.8 Å². The summed E-state index contributed by atoms with van der Waals surface area (Å²) in [4.78, 5) is 35.1. The molecule has 1 N–H and O–H groups in total.